The molecule has 1 aliphatic rings. The van der Waals surface area contributed by atoms with E-state index in [0.29, 0.717) is 10.6 Å². The Hall–Kier alpha value is -1.28. The van der Waals surface area contributed by atoms with Gasteiger partial charge in [0.05, 0.1) is 0 Å². The highest BCUT2D eigenvalue weighted by molar-refractivity contribution is 6.31. The van der Waals surface area contributed by atoms with Gasteiger partial charge in [0.25, 0.3) is 0 Å². The molecule has 102 valence electrons. The molecule has 2 nitrogen and oxygen atoms in total. The largest absolute Gasteiger partial charge is 0.367 e. The van der Waals surface area contributed by atoms with Crippen LogP contribution < -0.4 is 4.90 Å². The highest BCUT2D eigenvalue weighted by Gasteiger charge is 2.22. The maximum absolute atomic E-state index is 11.1. The van der Waals surface area contributed by atoms with Gasteiger partial charge in [-0.05, 0) is 30.0 Å². The highest BCUT2D eigenvalue weighted by atomic mass is 35.5. The van der Waals surface area contributed by atoms with E-state index in [9.17, 15) is 4.79 Å². The molecule has 19 heavy (non-hydrogen) atoms. The van der Waals surface area contributed by atoms with Gasteiger partial charge in [0.1, 0.15) is 0 Å². The van der Waals surface area contributed by atoms with Crippen LogP contribution in [0.3, 0.4) is 0 Å². The number of halogens is 1. The summed E-state index contributed by atoms with van der Waals surface area (Å²) >= 11 is 6.04. The lowest BCUT2D eigenvalue weighted by molar-refractivity contribution is 0.112. The second kappa shape index (κ2) is 5.38. The number of hydrogen-bond acceptors (Lipinski definition) is 2. The fourth-order valence-electron chi connectivity index (χ4n) is 2.46. The molecule has 1 aromatic rings. The van der Waals surface area contributed by atoms with Gasteiger partial charge in [-0.25, -0.2) is 0 Å². The van der Waals surface area contributed by atoms with Crippen LogP contribution in [0.1, 0.15) is 37.6 Å². The van der Waals surface area contributed by atoms with Crippen molar-refractivity contribution in [2.45, 2.75) is 27.2 Å². The predicted molar refractivity (Wildman–Crippen MR) is 81.2 cm³/mol. The number of benzene rings is 1. The number of anilines is 1. The molecule has 1 aliphatic heterocycles. The fraction of sp³-hybridized carbons (Fsp3) is 0.438. The summed E-state index contributed by atoms with van der Waals surface area (Å²) in [7, 11) is 0. The third kappa shape index (κ3) is 3.19. The van der Waals surface area contributed by atoms with Gasteiger partial charge in [-0.3, -0.25) is 4.79 Å². The van der Waals surface area contributed by atoms with Gasteiger partial charge in [-0.1, -0.05) is 44.0 Å². The van der Waals surface area contributed by atoms with E-state index in [4.69, 9.17) is 11.6 Å². The van der Waals surface area contributed by atoms with Gasteiger partial charge in [-0.15, -0.1) is 0 Å². The van der Waals surface area contributed by atoms with Gasteiger partial charge in [-0.2, -0.15) is 0 Å². The second-order valence-corrected chi connectivity index (χ2v) is 6.43. The summed E-state index contributed by atoms with van der Waals surface area (Å²) in [4.78, 5) is 13.3. The van der Waals surface area contributed by atoms with Gasteiger partial charge in [0, 0.05) is 29.4 Å². The zero-order valence-corrected chi connectivity index (χ0v) is 12.5. The van der Waals surface area contributed by atoms with E-state index in [0.717, 1.165) is 31.5 Å². The van der Waals surface area contributed by atoms with Crippen molar-refractivity contribution in [1.82, 2.24) is 0 Å². The Kier molecular flexibility index (Phi) is 4.00. The van der Waals surface area contributed by atoms with E-state index in [-0.39, 0.29) is 5.41 Å². The summed E-state index contributed by atoms with van der Waals surface area (Å²) in [5.41, 5.74) is 3.36. The number of carbonyl (C=O) groups is 1. The summed E-state index contributed by atoms with van der Waals surface area (Å²) in [6.07, 6.45) is 4.21. The molecular weight excluding hydrogens is 258 g/mol. The minimum absolute atomic E-state index is 0.230. The summed E-state index contributed by atoms with van der Waals surface area (Å²) in [6.45, 7) is 8.50. The van der Waals surface area contributed by atoms with Crippen molar-refractivity contribution >= 4 is 23.6 Å². The Morgan fingerprint density at radius 2 is 2.05 bits per heavy atom. The van der Waals surface area contributed by atoms with Gasteiger partial charge in [0.15, 0.2) is 6.29 Å². The number of carbonyl (C=O) groups excluding carboxylic acids is 1. The van der Waals surface area contributed by atoms with Crippen LogP contribution in [0, 0.1) is 5.41 Å². The lowest BCUT2D eigenvalue weighted by Gasteiger charge is -2.34. The molecule has 0 unspecified atom stereocenters. The van der Waals surface area contributed by atoms with Gasteiger partial charge in [0.2, 0.25) is 0 Å². The minimum atomic E-state index is 0.230. The van der Waals surface area contributed by atoms with Crippen molar-refractivity contribution < 1.29 is 4.79 Å². The van der Waals surface area contributed by atoms with Crippen molar-refractivity contribution in [2.75, 3.05) is 18.0 Å². The van der Waals surface area contributed by atoms with Gasteiger partial charge < -0.3 is 4.90 Å². The predicted octanol–water partition coefficient (Wildman–Crippen LogP) is 4.34. The van der Waals surface area contributed by atoms with Crippen molar-refractivity contribution in [3.05, 3.63) is 40.4 Å². The maximum Gasteiger partial charge on any atom is 0.152 e. The first kappa shape index (κ1) is 14.1. The lowest BCUT2D eigenvalue weighted by atomic mass is 9.83. The summed E-state index contributed by atoms with van der Waals surface area (Å²) < 4.78 is 0. The van der Waals surface area contributed by atoms with Crippen molar-refractivity contribution in [1.29, 1.82) is 0 Å². The Morgan fingerprint density at radius 1 is 1.32 bits per heavy atom. The molecule has 0 aromatic heterocycles. The molecule has 0 aliphatic carbocycles. The van der Waals surface area contributed by atoms with Crippen molar-refractivity contribution in [3.8, 4) is 0 Å². The molecule has 0 saturated heterocycles. The van der Waals surface area contributed by atoms with Crippen LogP contribution in [0.5, 0.6) is 0 Å². The third-order valence-electron chi connectivity index (χ3n) is 3.63. The Balaban J connectivity index is 2.25. The molecule has 1 aromatic carbocycles. The molecule has 0 bridgehead atoms. The Bertz CT molecular complexity index is 514. The van der Waals surface area contributed by atoms with Crippen LogP contribution in [-0.2, 0) is 0 Å². The van der Waals surface area contributed by atoms with Crippen molar-refractivity contribution in [3.63, 3.8) is 0 Å². The maximum atomic E-state index is 11.1. The van der Waals surface area contributed by atoms with E-state index in [1.165, 1.54) is 5.57 Å². The standard InChI is InChI=1S/C16H20ClNO/c1-16(2,3)13-6-8-18(9-7-13)15-10-14(17)5-4-12(15)11-19/h4-6,10-11H,7-9H2,1-3H3. The van der Waals surface area contributed by atoms with Crippen LogP contribution in [0.4, 0.5) is 5.69 Å². The first-order valence-electron chi connectivity index (χ1n) is 6.61. The molecule has 1 heterocycles. The van der Waals surface area contributed by atoms with E-state index in [1.807, 2.05) is 6.07 Å². The van der Waals surface area contributed by atoms with Crippen LogP contribution in [-0.4, -0.2) is 19.4 Å². The number of rotatable bonds is 2. The molecular formula is C16H20ClNO. The second-order valence-electron chi connectivity index (χ2n) is 6.00. The number of aldehydes is 1. The molecule has 0 saturated carbocycles. The van der Waals surface area contributed by atoms with E-state index >= 15 is 0 Å². The number of nitrogens with zero attached hydrogens (tertiary/aromatic N) is 1. The van der Waals surface area contributed by atoms with Crippen LogP contribution in [0.15, 0.2) is 29.8 Å². The zero-order valence-electron chi connectivity index (χ0n) is 11.7. The molecule has 0 spiro atoms. The van der Waals surface area contributed by atoms with E-state index < -0.39 is 0 Å². The van der Waals surface area contributed by atoms with E-state index in [2.05, 4.69) is 31.7 Å². The van der Waals surface area contributed by atoms with E-state index in [1.54, 1.807) is 12.1 Å². The molecule has 2 rings (SSSR count). The third-order valence-corrected chi connectivity index (χ3v) is 3.87. The lowest BCUT2D eigenvalue weighted by Crippen LogP contribution is -2.31. The monoisotopic (exact) mass is 277 g/mol. The average molecular weight is 278 g/mol. The zero-order chi connectivity index (χ0) is 14.0. The number of hydrogen-bond donors (Lipinski definition) is 0. The van der Waals surface area contributed by atoms with Crippen LogP contribution in [0.25, 0.3) is 0 Å². The van der Waals surface area contributed by atoms with Crippen LogP contribution >= 0.6 is 11.6 Å². The van der Waals surface area contributed by atoms with Gasteiger partial charge >= 0.3 is 0 Å². The summed E-state index contributed by atoms with van der Waals surface area (Å²) in [6, 6.07) is 5.42. The first-order valence-corrected chi connectivity index (χ1v) is 6.99. The van der Waals surface area contributed by atoms with Crippen molar-refractivity contribution in [2.24, 2.45) is 5.41 Å². The smallest absolute Gasteiger partial charge is 0.152 e. The SMILES string of the molecule is CC(C)(C)C1=CCN(c2cc(Cl)ccc2C=O)CC1. The minimum Gasteiger partial charge on any atom is -0.367 e. The quantitative estimate of drug-likeness (QED) is 0.592. The Morgan fingerprint density at radius 3 is 2.58 bits per heavy atom. The molecule has 0 radical (unpaired) electrons. The first-order chi connectivity index (χ1) is 8.91. The highest BCUT2D eigenvalue weighted by Crippen LogP contribution is 2.32. The molecule has 0 fully saturated rings. The average Bonchev–Trinajstić information content (AvgIpc) is 2.38. The Labute approximate surface area is 120 Å². The summed E-state index contributed by atoms with van der Waals surface area (Å²) in [5.74, 6) is 0. The topological polar surface area (TPSA) is 20.3 Å². The fourth-order valence-corrected chi connectivity index (χ4v) is 2.63. The molecule has 0 amide bonds. The molecule has 3 heteroatoms. The van der Waals surface area contributed by atoms with Crippen LogP contribution in [0.2, 0.25) is 5.02 Å². The normalized spacial score (nSPS) is 16.2. The molecule has 0 atom stereocenters. The summed E-state index contributed by atoms with van der Waals surface area (Å²) in [5, 5.41) is 0.672. The molecule has 0 N–H and O–H groups in total.